The Morgan fingerprint density at radius 1 is 1.38 bits per heavy atom. The topological polar surface area (TPSA) is 12.0 Å². The Morgan fingerprint density at radius 2 is 2.12 bits per heavy atom. The minimum absolute atomic E-state index is 0.564. The van der Waals surface area contributed by atoms with E-state index in [0.717, 1.165) is 17.3 Å². The minimum Gasteiger partial charge on any atom is -0.313 e. The molecular formula is C13H20ClNS. The van der Waals surface area contributed by atoms with Gasteiger partial charge in [0.2, 0.25) is 0 Å². The monoisotopic (exact) mass is 257 g/mol. The fraction of sp³-hybridized carbons (Fsp3) is 0.538. The molecule has 0 spiro atoms. The zero-order chi connectivity index (χ0) is 12.0. The third kappa shape index (κ3) is 4.77. The summed E-state index contributed by atoms with van der Waals surface area (Å²) in [6.07, 6.45) is 0. The predicted octanol–water partition coefficient (Wildman–Crippen LogP) is 4.07. The summed E-state index contributed by atoms with van der Waals surface area (Å²) in [5.74, 6) is 1.75. The maximum absolute atomic E-state index is 5.95. The maximum Gasteiger partial charge on any atom is 0.0417 e. The highest BCUT2D eigenvalue weighted by molar-refractivity contribution is 7.99. The van der Waals surface area contributed by atoms with E-state index in [1.54, 1.807) is 0 Å². The second kappa shape index (κ2) is 7.21. The van der Waals surface area contributed by atoms with Crippen molar-refractivity contribution < 1.29 is 0 Å². The summed E-state index contributed by atoms with van der Waals surface area (Å²) in [7, 11) is 0. The largest absolute Gasteiger partial charge is 0.313 e. The Bertz CT molecular complexity index is 315. The van der Waals surface area contributed by atoms with Crippen molar-refractivity contribution in [3.63, 3.8) is 0 Å². The third-order valence-corrected chi connectivity index (χ3v) is 3.84. The molecule has 1 N–H and O–H groups in total. The number of nitrogens with one attached hydrogen (secondary N) is 1. The van der Waals surface area contributed by atoms with Crippen LogP contribution in [0.15, 0.2) is 29.2 Å². The molecule has 0 saturated carbocycles. The molecule has 1 aromatic carbocycles. The molecule has 0 radical (unpaired) electrons. The van der Waals surface area contributed by atoms with Gasteiger partial charge >= 0.3 is 0 Å². The summed E-state index contributed by atoms with van der Waals surface area (Å²) in [5.41, 5.74) is 0. The average molecular weight is 258 g/mol. The molecule has 0 aliphatic heterocycles. The van der Waals surface area contributed by atoms with E-state index in [4.69, 9.17) is 11.6 Å². The Balaban J connectivity index is 2.48. The second-order valence-electron chi connectivity index (χ2n) is 4.18. The van der Waals surface area contributed by atoms with E-state index in [-0.39, 0.29) is 0 Å². The van der Waals surface area contributed by atoms with Crippen molar-refractivity contribution >= 4 is 23.4 Å². The van der Waals surface area contributed by atoms with Crippen LogP contribution in [0.2, 0.25) is 5.02 Å². The zero-order valence-corrected chi connectivity index (χ0v) is 11.7. The van der Waals surface area contributed by atoms with E-state index < -0.39 is 0 Å². The first-order chi connectivity index (χ1) is 7.63. The molecule has 3 heteroatoms. The second-order valence-corrected chi connectivity index (χ2v) is 5.71. The van der Waals surface area contributed by atoms with Gasteiger partial charge < -0.3 is 5.32 Å². The Morgan fingerprint density at radius 3 is 2.69 bits per heavy atom. The van der Waals surface area contributed by atoms with Crippen molar-refractivity contribution in [2.75, 3.05) is 12.3 Å². The molecule has 0 aromatic heterocycles. The summed E-state index contributed by atoms with van der Waals surface area (Å²) in [4.78, 5) is 1.25. The number of hydrogen-bond donors (Lipinski definition) is 1. The fourth-order valence-electron chi connectivity index (χ4n) is 1.49. The molecule has 1 aromatic rings. The van der Waals surface area contributed by atoms with Gasteiger partial charge in [-0.15, -0.1) is 11.8 Å². The van der Waals surface area contributed by atoms with Gasteiger partial charge in [0, 0.05) is 21.7 Å². The van der Waals surface area contributed by atoms with Crippen LogP contribution in [0.1, 0.15) is 20.8 Å². The van der Waals surface area contributed by atoms with Crippen LogP contribution in [0.4, 0.5) is 0 Å². The Labute approximate surface area is 108 Å². The van der Waals surface area contributed by atoms with E-state index in [2.05, 4.69) is 32.2 Å². The lowest BCUT2D eigenvalue weighted by Gasteiger charge is -2.21. The van der Waals surface area contributed by atoms with Crippen LogP contribution >= 0.6 is 23.4 Å². The summed E-state index contributed by atoms with van der Waals surface area (Å²) in [5, 5.41) is 4.33. The van der Waals surface area contributed by atoms with E-state index in [9.17, 15) is 0 Å². The van der Waals surface area contributed by atoms with Gasteiger partial charge in [-0.25, -0.2) is 0 Å². The molecule has 16 heavy (non-hydrogen) atoms. The molecule has 0 bridgehead atoms. The SMILES string of the molecule is CCNC(CSc1cccc(Cl)c1)C(C)C. The zero-order valence-electron chi connectivity index (χ0n) is 10.2. The molecule has 1 unspecified atom stereocenters. The van der Waals surface area contributed by atoms with E-state index in [0.29, 0.717) is 12.0 Å². The van der Waals surface area contributed by atoms with Crippen LogP contribution in [0.3, 0.4) is 0 Å². The fourth-order valence-corrected chi connectivity index (χ4v) is 3.01. The first kappa shape index (κ1) is 13.9. The quantitative estimate of drug-likeness (QED) is 0.772. The summed E-state index contributed by atoms with van der Waals surface area (Å²) in [6, 6.07) is 8.61. The van der Waals surface area contributed by atoms with Gasteiger partial charge in [0.25, 0.3) is 0 Å². The number of hydrogen-bond acceptors (Lipinski definition) is 2. The van der Waals surface area contributed by atoms with Gasteiger partial charge in [-0.1, -0.05) is 38.4 Å². The van der Waals surface area contributed by atoms with Crippen molar-refractivity contribution in [1.82, 2.24) is 5.32 Å². The summed E-state index contributed by atoms with van der Waals surface area (Å²) >= 11 is 7.82. The first-order valence-corrected chi connectivity index (χ1v) is 7.11. The number of halogens is 1. The molecule has 1 atom stereocenters. The van der Waals surface area contributed by atoms with Crippen LogP contribution in [0.5, 0.6) is 0 Å². The standard InChI is InChI=1S/C13H20ClNS/c1-4-15-13(10(2)3)9-16-12-7-5-6-11(14)8-12/h5-8,10,13,15H,4,9H2,1-3H3. The molecule has 90 valence electrons. The minimum atomic E-state index is 0.564. The average Bonchev–Trinajstić information content (AvgIpc) is 2.24. The van der Waals surface area contributed by atoms with Crippen LogP contribution < -0.4 is 5.32 Å². The molecule has 0 aliphatic carbocycles. The Hall–Kier alpha value is -0.180. The first-order valence-electron chi connectivity index (χ1n) is 5.75. The lowest BCUT2D eigenvalue weighted by atomic mass is 10.1. The molecule has 1 nitrogen and oxygen atoms in total. The van der Waals surface area contributed by atoms with Crippen LogP contribution in [0, 0.1) is 5.92 Å². The molecule has 0 heterocycles. The van der Waals surface area contributed by atoms with Crippen LogP contribution in [0.25, 0.3) is 0 Å². The van der Waals surface area contributed by atoms with Crippen molar-refractivity contribution in [1.29, 1.82) is 0 Å². The summed E-state index contributed by atoms with van der Waals surface area (Å²) in [6.45, 7) is 7.69. The van der Waals surface area contributed by atoms with Gasteiger partial charge in [-0.2, -0.15) is 0 Å². The maximum atomic E-state index is 5.95. The molecule has 0 fully saturated rings. The molecule has 0 saturated heterocycles. The third-order valence-electron chi connectivity index (χ3n) is 2.50. The van der Waals surface area contributed by atoms with E-state index in [1.165, 1.54) is 4.90 Å². The van der Waals surface area contributed by atoms with E-state index in [1.807, 2.05) is 30.0 Å². The Kier molecular flexibility index (Phi) is 6.25. The van der Waals surface area contributed by atoms with Gasteiger partial charge in [0.05, 0.1) is 0 Å². The highest BCUT2D eigenvalue weighted by Gasteiger charge is 2.11. The highest BCUT2D eigenvalue weighted by atomic mass is 35.5. The van der Waals surface area contributed by atoms with E-state index >= 15 is 0 Å². The van der Waals surface area contributed by atoms with Crippen molar-refractivity contribution in [2.24, 2.45) is 5.92 Å². The lowest BCUT2D eigenvalue weighted by Crippen LogP contribution is -2.35. The van der Waals surface area contributed by atoms with Gasteiger partial charge in [0.1, 0.15) is 0 Å². The van der Waals surface area contributed by atoms with Gasteiger partial charge in [-0.3, -0.25) is 0 Å². The molecule has 0 amide bonds. The lowest BCUT2D eigenvalue weighted by molar-refractivity contribution is 0.443. The van der Waals surface area contributed by atoms with Crippen molar-refractivity contribution in [2.45, 2.75) is 31.7 Å². The van der Waals surface area contributed by atoms with Crippen molar-refractivity contribution in [3.05, 3.63) is 29.3 Å². The number of rotatable bonds is 6. The molecule has 0 aliphatic rings. The van der Waals surface area contributed by atoms with Crippen LogP contribution in [-0.4, -0.2) is 18.3 Å². The number of benzene rings is 1. The highest BCUT2D eigenvalue weighted by Crippen LogP contribution is 2.23. The summed E-state index contributed by atoms with van der Waals surface area (Å²) < 4.78 is 0. The molecular weight excluding hydrogens is 238 g/mol. The van der Waals surface area contributed by atoms with Crippen LogP contribution in [-0.2, 0) is 0 Å². The molecule has 1 rings (SSSR count). The normalized spacial score (nSPS) is 13.1. The van der Waals surface area contributed by atoms with Gasteiger partial charge in [-0.05, 0) is 30.7 Å². The number of thioether (sulfide) groups is 1. The smallest absolute Gasteiger partial charge is 0.0417 e. The van der Waals surface area contributed by atoms with Crippen molar-refractivity contribution in [3.8, 4) is 0 Å². The van der Waals surface area contributed by atoms with Gasteiger partial charge in [0.15, 0.2) is 0 Å². The predicted molar refractivity (Wildman–Crippen MR) is 74.5 cm³/mol.